The van der Waals surface area contributed by atoms with Crippen LogP contribution in [0.1, 0.15) is 0 Å². The molecule has 96 valence electrons. The molecule has 0 aromatic heterocycles. The Morgan fingerprint density at radius 1 is 1.41 bits per heavy atom. The predicted octanol–water partition coefficient (Wildman–Crippen LogP) is -1.48. The maximum absolute atomic E-state index is 12.3. The zero-order chi connectivity index (χ0) is 12.4. The molecular weight excluding hydrogens is 222 g/mol. The first-order chi connectivity index (χ1) is 8.13. The first-order valence-electron chi connectivity index (χ1n) is 5.91. The summed E-state index contributed by atoms with van der Waals surface area (Å²) in [6, 6.07) is 0.0669. The number of carbonyl (C=O) groups excluding carboxylic acids is 2. The summed E-state index contributed by atoms with van der Waals surface area (Å²) in [6.07, 6.45) is 0. The SMILES string of the molecule is CNC1COCC1C(=O)N1CCN(C)C(=O)C1. The van der Waals surface area contributed by atoms with Gasteiger partial charge in [0.2, 0.25) is 11.8 Å². The van der Waals surface area contributed by atoms with Crippen molar-refractivity contribution in [3.8, 4) is 0 Å². The summed E-state index contributed by atoms with van der Waals surface area (Å²) in [5.41, 5.74) is 0. The van der Waals surface area contributed by atoms with Gasteiger partial charge in [-0.1, -0.05) is 0 Å². The van der Waals surface area contributed by atoms with Crippen molar-refractivity contribution in [3.63, 3.8) is 0 Å². The minimum Gasteiger partial charge on any atom is -0.379 e. The number of likely N-dealkylation sites (N-methyl/N-ethyl adjacent to an activating group) is 2. The average Bonchev–Trinajstić information content (AvgIpc) is 2.80. The first kappa shape index (κ1) is 12.3. The number of hydrogen-bond donors (Lipinski definition) is 1. The highest BCUT2D eigenvalue weighted by Gasteiger charge is 2.37. The van der Waals surface area contributed by atoms with Crippen LogP contribution in [0.15, 0.2) is 0 Å². The highest BCUT2D eigenvalue weighted by Crippen LogP contribution is 2.17. The predicted molar refractivity (Wildman–Crippen MR) is 61.4 cm³/mol. The number of ether oxygens (including phenoxy) is 1. The molecule has 2 unspecified atom stereocenters. The van der Waals surface area contributed by atoms with Gasteiger partial charge in [0.05, 0.1) is 25.7 Å². The van der Waals surface area contributed by atoms with Gasteiger partial charge in [0.15, 0.2) is 0 Å². The molecule has 0 aromatic carbocycles. The van der Waals surface area contributed by atoms with Crippen LogP contribution in [0.2, 0.25) is 0 Å². The fraction of sp³-hybridized carbons (Fsp3) is 0.818. The van der Waals surface area contributed by atoms with Gasteiger partial charge >= 0.3 is 0 Å². The summed E-state index contributed by atoms with van der Waals surface area (Å²) in [5, 5.41) is 3.09. The van der Waals surface area contributed by atoms with Crippen LogP contribution in [0, 0.1) is 5.92 Å². The molecule has 0 saturated carbocycles. The second-order valence-electron chi connectivity index (χ2n) is 4.61. The van der Waals surface area contributed by atoms with Crippen molar-refractivity contribution in [2.75, 3.05) is 46.9 Å². The van der Waals surface area contributed by atoms with Crippen molar-refractivity contribution in [2.24, 2.45) is 5.92 Å². The summed E-state index contributed by atoms with van der Waals surface area (Å²) >= 11 is 0. The molecule has 2 saturated heterocycles. The van der Waals surface area contributed by atoms with E-state index in [1.807, 2.05) is 7.05 Å². The molecule has 0 aliphatic carbocycles. The van der Waals surface area contributed by atoms with Crippen LogP contribution in [0.4, 0.5) is 0 Å². The number of hydrogen-bond acceptors (Lipinski definition) is 4. The van der Waals surface area contributed by atoms with E-state index >= 15 is 0 Å². The van der Waals surface area contributed by atoms with E-state index < -0.39 is 0 Å². The van der Waals surface area contributed by atoms with Crippen molar-refractivity contribution >= 4 is 11.8 Å². The van der Waals surface area contributed by atoms with Crippen LogP contribution < -0.4 is 5.32 Å². The lowest BCUT2D eigenvalue weighted by Gasteiger charge is -2.34. The largest absolute Gasteiger partial charge is 0.379 e. The Hall–Kier alpha value is -1.14. The van der Waals surface area contributed by atoms with Crippen LogP contribution in [-0.4, -0.2) is 74.6 Å². The molecule has 2 rings (SSSR count). The van der Waals surface area contributed by atoms with Gasteiger partial charge in [-0.3, -0.25) is 9.59 Å². The molecule has 2 aliphatic heterocycles. The zero-order valence-electron chi connectivity index (χ0n) is 10.3. The molecule has 17 heavy (non-hydrogen) atoms. The monoisotopic (exact) mass is 241 g/mol. The number of piperazine rings is 1. The fourth-order valence-corrected chi connectivity index (χ4v) is 2.26. The molecule has 6 heteroatoms. The number of rotatable bonds is 2. The van der Waals surface area contributed by atoms with E-state index in [-0.39, 0.29) is 30.3 Å². The second kappa shape index (κ2) is 5.01. The molecule has 2 aliphatic rings. The Morgan fingerprint density at radius 2 is 2.18 bits per heavy atom. The third-order valence-electron chi connectivity index (χ3n) is 3.54. The van der Waals surface area contributed by atoms with E-state index in [1.165, 1.54) is 0 Å². The Labute approximate surface area is 101 Å². The van der Waals surface area contributed by atoms with Gasteiger partial charge in [0.25, 0.3) is 0 Å². The summed E-state index contributed by atoms with van der Waals surface area (Å²) in [7, 11) is 3.59. The van der Waals surface area contributed by atoms with Crippen molar-refractivity contribution in [1.82, 2.24) is 15.1 Å². The molecule has 0 aromatic rings. The highest BCUT2D eigenvalue weighted by molar-refractivity contribution is 5.87. The summed E-state index contributed by atoms with van der Waals surface area (Å²) in [5.74, 6) is -0.121. The first-order valence-corrected chi connectivity index (χ1v) is 5.91. The van der Waals surface area contributed by atoms with E-state index in [9.17, 15) is 9.59 Å². The van der Waals surface area contributed by atoms with Crippen molar-refractivity contribution in [3.05, 3.63) is 0 Å². The van der Waals surface area contributed by atoms with Gasteiger partial charge in [-0.2, -0.15) is 0 Å². The van der Waals surface area contributed by atoms with Crippen molar-refractivity contribution < 1.29 is 14.3 Å². The number of nitrogens with one attached hydrogen (secondary N) is 1. The van der Waals surface area contributed by atoms with Gasteiger partial charge < -0.3 is 19.9 Å². The van der Waals surface area contributed by atoms with E-state index in [1.54, 1.807) is 16.8 Å². The molecule has 0 spiro atoms. The van der Waals surface area contributed by atoms with Crippen LogP contribution in [0.3, 0.4) is 0 Å². The average molecular weight is 241 g/mol. The third kappa shape index (κ3) is 2.42. The highest BCUT2D eigenvalue weighted by atomic mass is 16.5. The summed E-state index contributed by atoms with van der Waals surface area (Å²) in [6.45, 7) is 2.44. The molecule has 1 N–H and O–H groups in total. The molecule has 2 fully saturated rings. The van der Waals surface area contributed by atoms with Gasteiger partial charge in [-0.05, 0) is 7.05 Å². The Kier molecular flexibility index (Phi) is 3.63. The number of carbonyl (C=O) groups is 2. The van der Waals surface area contributed by atoms with E-state index in [2.05, 4.69) is 5.32 Å². The quantitative estimate of drug-likeness (QED) is 0.640. The van der Waals surface area contributed by atoms with Crippen LogP contribution in [0.25, 0.3) is 0 Å². The molecule has 0 bridgehead atoms. The minimum atomic E-state index is -0.156. The van der Waals surface area contributed by atoms with Crippen molar-refractivity contribution in [2.45, 2.75) is 6.04 Å². The van der Waals surface area contributed by atoms with Gasteiger partial charge in [-0.15, -0.1) is 0 Å². The van der Waals surface area contributed by atoms with E-state index in [0.29, 0.717) is 26.3 Å². The summed E-state index contributed by atoms with van der Waals surface area (Å²) < 4.78 is 5.32. The third-order valence-corrected chi connectivity index (χ3v) is 3.54. The maximum Gasteiger partial charge on any atom is 0.241 e. The normalized spacial score (nSPS) is 29.9. The number of amides is 2. The topological polar surface area (TPSA) is 61.9 Å². The van der Waals surface area contributed by atoms with Gasteiger partial charge in [-0.25, -0.2) is 0 Å². The second-order valence-corrected chi connectivity index (χ2v) is 4.61. The van der Waals surface area contributed by atoms with Crippen LogP contribution in [0.5, 0.6) is 0 Å². The van der Waals surface area contributed by atoms with Gasteiger partial charge in [0.1, 0.15) is 0 Å². The van der Waals surface area contributed by atoms with Crippen LogP contribution >= 0.6 is 0 Å². The Morgan fingerprint density at radius 3 is 2.82 bits per heavy atom. The molecule has 2 amide bonds. The lowest BCUT2D eigenvalue weighted by atomic mass is 10.0. The Balaban J connectivity index is 1.98. The molecule has 2 atom stereocenters. The Bertz CT molecular complexity index is 321. The minimum absolute atomic E-state index is 0.00419. The molecule has 0 radical (unpaired) electrons. The standard InChI is InChI=1S/C11H19N3O3/c1-12-9-7-17-6-8(9)11(16)14-4-3-13(2)10(15)5-14/h8-9,12H,3-7H2,1-2H3. The lowest BCUT2D eigenvalue weighted by Crippen LogP contribution is -2.54. The number of nitrogens with zero attached hydrogens (tertiary/aromatic N) is 2. The molecule has 2 heterocycles. The molecular formula is C11H19N3O3. The lowest BCUT2D eigenvalue weighted by molar-refractivity contribution is -0.146. The fourth-order valence-electron chi connectivity index (χ4n) is 2.26. The summed E-state index contributed by atoms with van der Waals surface area (Å²) in [4.78, 5) is 27.1. The van der Waals surface area contributed by atoms with Gasteiger partial charge in [0, 0.05) is 26.2 Å². The van der Waals surface area contributed by atoms with E-state index in [0.717, 1.165) is 0 Å². The molecule has 6 nitrogen and oxygen atoms in total. The zero-order valence-corrected chi connectivity index (χ0v) is 10.3. The van der Waals surface area contributed by atoms with Crippen LogP contribution in [-0.2, 0) is 14.3 Å². The maximum atomic E-state index is 12.3. The van der Waals surface area contributed by atoms with Crippen molar-refractivity contribution in [1.29, 1.82) is 0 Å². The van der Waals surface area contributed by atoms with E-state index in [4.69, 9.17) is 4.74 Å². The smallest absolute Gasteiger partial charge is 0.241 e.